The third-order valence-corrected chi connectivity index (χ3v) is 4.72. The number of hydrazone groups is 1. The van der Waals surface area contributed by atoms with Gasteiger partial charge in [-0.25, -0.2) is 14.9 Å². The van der Waals surface area contributed by atoms with Gasteiger partial charge in [0.15, 0.2) is 17.0 Å². The summed E-state index contributed by atoms with van der Waals surface area (Å²) in [6, 6.07) is 5.48. The molecule has 0 saturated heterocycles. The van der Waals surface area contributed by atoms with Crippen molar-refractivity contribution in [2.24, 2.45) is 12.1 Å². The van der Waals surface area contributed by atoms with Crippen molar-refractivity contribution in [1.29, 1.82) is 0 Å². The van der Waals surface area contributed by atoms with Crippen LogP contribution in [0.15, 0.2) is 47.1 Å². The minimum absolute atomic E-state index is 0.0930. The van der Waals surface area contributed by atoms with E-state index in [0.29, 0.717) is 15.0 Å². The summed E-state index contributed by atoms with van der Waals surface area (Å²) in [7, 11) is 1.72. The van der Waals surface area contributed by atoms with Gasteiger partial charge in [0.05, 0.1) is 23.0 Å². The van der Waals surface area contributed by atoms with Crippen LogP contribution in [-0.4, -0.2) is 36.5 Å². The molecule has 0 saturated carbocycles. The minimum atomic E-state index is -4.68. The van der Waals surface area contributed by atoms with Crippen LogP contribution in [0.1, 0.15) is 21.7 Å². The highest BCUT2D eigenvalue weighted by atomic mass is 32.1. The van der Waals surface area contributed by atoms with Crippen molar-refractivity contribution in [3.05, 3.63) is 59.0 Å². The largest absolute Gasteiger partial charge is 0.433 e. The maximum absolute atomic E-state index is 13.5. The minimum Gasteiger partial charge on any atom is -0.275 e. The molecule has 0 atom stereocenters. The fourth-order valence-corrected chi connectivity index (χ4v) is 3.25. The number of fused-ring (bicyclic) bond motifs is 1. The number of alkyl halides is 3. The van der Waals surface area contributed by atoms with Crippen LogP contribution in [0.3, 0.4) is 0 Å². The van der Waals surface area contributed by atoms with Gasteiger partial charge in [-0.1, -0.05) is 6.07 Å². The van der Waals surface area contributed by atoms with Gasteiger partial charge in [-0.2, -0.15) is 28.5 Å². The fourth-order valence-electron chi connectivity index (χ4n) is 2.57. The average molecular weight is 419 g/mol. The predicted molar refractivity (Wildman–Crippen MR) is 99.6 cm³/mol. The number of halogens is 3. The maximum atomic E-state index is 13.5. The van der Waals surface area contributed by atoms with E-state index in [4.69, 9.17) is 0 Å². The zero-order valence-corrected chi connectivity index (χ0v) is 15.6. The van der Waals surface area contributed by atoms with Gasteiger partial charge in [0.1, 0.15) is 0 Å². The van der Waals surface area contributed by atoms with Crippen molar-refractivity contribution >= 4 is 29.1 Å². The van der Waals surface area contributed by atoms with Gasteiger partial charge in [-0.05, 0) is 17.5 Å². The monoisotopic (exact) mass is 419 g/mol. The summed E-state index contributed by atoms with van der Waals surface area (Å²) in [5.74, 6) is -0.763. The second-order valence-electron chi connectivity index (χ2n) is 5.95. The molecule has 0 aliphatic rings. The van der Waals surface area contributed by atoms with Crippen LogP contribution < -0.4 is 5.43 Å². The van der Waals surface area contributed by atoms with Crippen LogP contribution in [0.25, 0.3) is 16.2 Å². The molecule has 29 heavy (non-hydrogen) atoms. The first-order chi connectivity index (χ1) is 13.8. The lowest BCUT2D eigenvalue weighted by Gasteiger charge is -2.10. The lowest BCUT2D eigenvalue weighted by molar-refractivity contribution is -0.142. The van der Waals surface area contributed by atoms with Gasteiger partial charge in [-0.3, -0.25) is 9.48 Å². The van der Waals surface area contributed by atoms with Gasteiger partial charge in [-0.15, -0.1) is 11.3 Å². The highest BCUT2D eigenvalue weighted by molar-refractivity contribution is 7.13. The Morgan fingerprint density at radius 3 is 2.83 bits per heavy atom. The first kappa shape index (κ1) is 18.8. The number of carbonyl (C=O) groups is 1. The van der Waals surface area contributed by atoms with Crippen LogP contribution in [0.5, 0.6) is 0 Å². The van der Waals surface area contributed by atoms with Crippen molar-refractivity contribution in [1.82, 2.24) is 29.8 Å². The van der Waals surface area contributed by atoms with E-state index >= 15 is 0 Å². The molecule has 12 heteroatoms. The van der Waals surface area contributed by atoms with Gasteiger partial charge in [0, 0.05) is 24.9 Å². The number of carbonyl (C=O) groups excluding carboxylic acids is 1. The number of nitrogens with one attached hydrogen (secondary N) is 1. The normalized spacial score (nSPS) is 12.1. The molecule has 1 amide bonds. The van der Waals surface area contributed by atoms with E-state index in [1.54, 1.807) is 35.4 Å². The first-order valence-corrected chi connectivity index (χ1v) is 9.03. The Hall–Kier alpha value is -3.54. The molecule has 148 valence electrons. The van der Waals surface area contributed by atoms with E-state index in [1.165, 1.54) is 29.8 Å². The molecule has 0 aliphatic carbocycles. The van der Waals surface area contributed by atoms with Crippen LogP contribution in [0, 0.1) is 0 Å². The third kappa shape index (κ3) is 3.87. The van der Waals surface area contributed by atoms with Gasteiger partial charge >= 0.3 is 6.18 Å². The molecule has 8 nitrogen and oxygen atoms in total. The zero-order valence-electron chi connectivity index (χ0n) is 14.8. The van der Waals surface area contributed by atoms with Crippen molar-refractivity contribution in [2.45, 2.75) is 6.18 Å². The van der Waals surface area contributed by atoms with E-state index in [-0.39, 0.29) is 17.0 Å². The summed E-state index contributed by atoms with van der Waals surface area (Å²) < 4.78 is 42.7. The van der Waals surface area contributed by atoms with Crippen LogP contribution >= 0.6 is 11.3 Å². The van der Waals surface area contributed by atoms with E-state index in [1.807, 2.05) is 0 Å². The Morgan fingerprint density at radius 2 is 2.17 bits per heavy atom. The summed E-state index contributed by atoms with van der Waals surface area (Å²) in [4.78, 5) is 17.0. The summed E-state index contributed by atoms with van der Waals surface area (Å²) >= 11 is 1.26. The van der Waals surface area contributed by atoms with Gasteiger partial charge in [0.2, 0.25) is 0 Å². The maximum Gasteiger partial charge on any atom is 0.433 e. The van der Waals surface area contributed by atoms with E-state index < -0.39 is 17.8 Å². The number of nitrogens with zero attached hydrogens (tertiary/aromatic N) is 6. The van der Waals surface area contributed by atoms with E-state index in [9.17, 15) is 18.0 Å². The molecule has 0 spiro atoms. The molecule has 0 bridgehead atoms. The predicted octanol–water partition coefficient (Wildman–Crippen LogP) is 2.97. The number of hydrogen-bond acceptors (Lipinski definition) is 6. The number of aromatic nitrogens is 5. The number of hydrogen-bond donors (Lipinski definition) is 1. The second-order valence-corrected chi connectivity index (χ2v) is 6.90. The smallest absolute Gasteiger partial charge is 0.275 e. The molecule has 4 rings (SSSR count). The first-order valence-electron chi connectivity index (χ1n) is 8.15. The molecule has 0 fully saturated rings. The number of amides is 1. The Morgan fingerprint density at radius 1 is 1.34 bits per heavy atom. The van der Waals surface area contributed by atoms with Crippen LogP contribution in [0.2, 0.25) is 0 Å². The molecular formula is C17H12F3N7OS. The topological polar surface area (TPSA) is 89.5 Å². The van der Waals surface area contributed by atoms with Crippen molar-refractivity contribution in [3.8, 4) is 10.6 Å². The van der Waals surface area contributed by atoms with E-state index in [2.05, 4.69) is 25.7 Å². The summed E-state index contributed by atoms with van der Waals surface area (Å²) in [6.45, 7) is 0. The standard InChI is InChI=1S/C17H12F3N7OS/c1-26-9-10(8-22-26)7-21-24-16(28)12-6-15-23-11(13-3-2-4-29-13)5-14(17(18,19)20)27(15)25-12/h2-9H,1H3,(H,24,28)/b21-7+. The number of thiophene rings is 1. The fraction of sp³-hybridized carbons (Fsp3) is 0.118. The average Bonchev–Trinajstić information content (AvgIpc) is 3.40. The highest BCUT2D eigenvalue weighted by Crippen LogP contribution is 2.33. The molecule has 4 heterocycles. The lowest BCUT2D eigenvalue weighted by Crippen LogP contribution is -2.19. The quantitative estimate of drug-likeness (QED) is 0.407. The van der Waals surface area contributed by atoms with E-state index in [0.717, 1.165) is 6.07 Å². The Balaban J connectivity index is 1.67. The van der Waals surface area contributed by atoms with Crippen molar-refractivity contribution in [3.63, 3.8) is 0 Å². The molecular weight excluding hydrogens is 407 g/mol. The molecule has 0 radical (unpaired) electrons. The van der Waals surface area contributed by atoms with Crippen molar-refractivity contribution in [2.75, 3.05) is 0 Å². The summed E-state index contributed by atoms with van der Waals surface area (Å²) in [5, 5.41) is 13.2. The summed E-state index contributed by atoms with van der Waals surface area (Å²) in [6.07, 6.45) is -0.112. The lowest BCUT2D eigenvalue weighted by atomic mass is 10.2. The Labute approximate surface area is 165 Å². The van der Waals surface area contributed by atoms with Crippen molar-refractivity contribution < 1.29 is 18.0 Å². The molecule has 0 aliphatic heterocycles. The molecule has 4 aromatic heterocycles. The molecule has 4 aromatic rings. The van der Waals surface area contributed by atoms with Crippen LogP contribution in [0.4, 0.5) is 13.2 Å². The third-order valence-electron chi connectivity index (χ3n) is 3.83. The van der Waals surface area contributed by atoms with Crippen LogP contribution in [-0.2, 0) is 13.2 Å². The molecule has 1 N–H and O–H groups in total. The Kier molecular flexibility index (Phi) is 4.62. The highest BCUT2D eigenvalue weighted by Gasteiger charge is 2.35. The Bertz CT molecular complexity index is 1210. The van der Waals surface area contributed by atoms with Gasteiger partial charge in [0.25, 0.3) is 5.91 Å². The summed E-state index contributed by atoms with van der Waals surface area (Å²) in [5.41, 5.74) is 1.67. The second kappa shape index (κ2) is 7.13. The molecule has 0 unspecified atom stereocenters. The number of rotatable bonds is 4. The molecule has 0 aromatic carbocycles. The SMILES string of the molecule is Cn1cc(/C=N/NC(=O)c2cc3nc(-c4cccs4)cc(C(F)(F)F)n3n2)cn1. The van der Waals surface area contributed by atoms with Gasteiger partial charge < -0.3 is 0 Å². The number of aryl methyl sites for hydroxylation is 1. The zero-order chi connectivity index (χ0) is 20.6.